The monoisotopic (exact) mass is 334 g/mol. The maximum absolute atomic E-state index is 11.8. The summed E-state index contributed by atoms with van der Waals surface area (Å²) < 4.78 is 10.5. The first-order valence-electron chi connectivity index (χ1n) is 9.06. The highest BCUT2D eigenvalue weighted by atomic mass is 16.6. The third-order valence-corrected chi connectivity index (χ3v) is 3.86. The van der Waals surface area contributed by atoms with Gasteiger partial charge < -0.3 is 9.47 Å². The summed E-state index contributed by atoms with van der Waals surface area (Å²) >= 11 is 0. The van der Waals surface area contributed by atoms with E-state index in [1.165, 1.54) is 50.7 Å². The van der Waals surface area contributed by atoms with Gasteiger partial charge in [-0.25, -0.2) is 9.59 Å². The molecular formula is C20H30O4. The van der Waals surface area contributed by atoms with Gasteiger partial charge in [0.15, 0.2) is 12.2 Å². The van der Waals surface area contributed by atoms with Crippen LogP contribution in [-0.4, -0.2) is 24.1 Å². The first-order valence-corrected chi connectivity index (χ1v) is 9.06. The van der Waals surface area contributed by atoms with Crippen molar-refractivity contribution in [2.75, 3.05) is 0 Å². The number of ether oxygens (including phenoxy) is 2. The second kappa shape index (κ2) is 12.6. The van der Waals surface area contributed by atoms with Gasteiger partial charge in [-0.05, 0) is 31.9 Å². The van der Waals surface area contributed by atoms with E-state index < -0.39 is 24.1 Å². The summed E-state index contributed by atoms with van der Waals surface area (Å²) in [6, 6.07) is 0. The molecule has 24 heavy (non-hydrogen) atoms. The number of unbranched alkanes of at least 4 members (excludes halogenated alkanes) is 7. The SMILES string of the molecule is C/C=C/C1OC(=O)C=CC1OC(=O)/C=C/CCCCCCCCC. The molecule has 0 saturated carbocycles. The first kappa shape index (κ1) is 20.2. The van der Waals surface area contributed by atoms with Gasteiger partial charge >= 0.3 is 11.9 Å². The van der Waals surface area contributed by atoms with E-state index >= 15 is 0 Å². The van der Waals surface area contributed by atoms with E-state index in [0.29, 0.717) is 0 Å². The Bertz CT molecular complexity index is 462. The zero-order chi connectivity index (χ0) is 17.6. The highest BCUT2D eigenvalue weighted by Gasteiger charge is 2.26. The van der Waals surface area contributed by atoms with Gasteiger partial charge in [-0.1, -0.05) is 57.6 Å². The molecule has 0 aromatic carbocycles. The Morgan fingerprint density at radius 1 is 1.21 bits per heavy atom. The predicted molar refractivity (Wildman–Crippen MR) is 95.5 cm³/mol. The van der Waals surface area contributed by atoms with Crippen LogP contribution in [0.25, 0.3) is 0 Å². The summed E-state index contributed by atoms with van der Waals surface area (Å²) in [5.41, 5.74) is 0. The van der Waals surface area contributed by atoms with Crippen molar-refractivity contribution in [2.45, 2.75) is 77.4 Å². The molecular weight excluding hydrogens is 304 g/mol. The molecule has 1 heterocycles. The molecule has 1 rings (SSSR count). The van der Waals surface area contributed by atoms with Crippen LogP contribution in [0, 0.1) is 0 Å². The van der Waals surface area contributed by atoms with Crippen LogP contribution >= 0.6 is 0 Å². The Morgan fingerprint density at radius 3 is 2.62 bits per heavy atom. The number of cyclic esters (lactones) is 1. The fraction of sp³-hybridized carbons (Fsp3) is 0.600. The molecule has 4 heteroatoms. The third kappa shape index (κ3) is 8.70. The molecule has 0 fully saturated rings. The number of allylic oxidation sites excluding steroid dienone is 2. The Labute approximate surface area is 145 Å². The average molecular weight is 334 g/mol. The number of rotatable bonds is 11. The molecule has 0 N–H and O–H groups in total. The van der Waals surface area contributed by atoms with E-state index in [9.17, 15) is 9.59 Å². The highest BCUT2D eigenvalue weighted by Crippen LogP contribution is 2.14. The predicted octanol–water partition coefficient (Wildman–Crippen LogP) is 4.65. The largest absolute Gasteiger partial charge is 0.451 e. The van der Waals surface area contributed by atoms with Crippen LogP contribution in [0.1, 0.15) is 65.2 Å². The summed E-state index contributed by atoms with van der Waals surface area (Å²) in [5, 5.41) is 0. The molecule has 0 aromatic heterocycles. The molecule has 2 unspecified atom stereocenters. The fourth-order valence-electron chi connectivity index (χ4n) is 2.54. The smallest absolute Gasteiger partial charge is 0.331 e. The highest BCUT2D eigenvalue weighted by molar-refractivity contribution is 5.84. The van der Waals surface area contributed by atoms with Crippen LogP contribution in [0.4, 0.5) is 0 Å². The van der Waals surface area contributed by atoms with E-state index in [-0.39, 0.29) is 0 Å². The van der Waals surface area contributed by atoms with Crippen molar-refractivity contribution >= 4 is 11.9 Å². The molecule has 0 spiro atoms. The Morgan fingerprint density at radius 2 is 1.92 bits per heavy atom. The lowest BCUT2D eigenvalue weighted by Gasteiger charge is -2.24. The topological polar surface area (TPSA) is 52.6 Å². The fourth-order valence-corrected chi connectivity index (χ4v) is 2.54. The second-order valence-corrected chi connectivity index (χ2v) is 6.00. The molecule has 0 amide bonds. The Balaban J connectivity index is 2.22. The number of hydrogen-bond acceptors (Lipinski definition) is 4. The number of esters is 2. The number of carbonyl (C=O) groups is 2. The zero-order valence-corrected chi connectivity index (χ0v) is 14.9. The molecule has 1 aliphatic heterocycles. The summed E-state index contributed by atoms with van der Waals surface area (Å²) in [7, 11) is 0. The van der Waals surface area contributed by atoms with E-state index in [0.717, 1.165) is 12.8 Å². The lowest BCUT2D eigenvalue weighted by atomic mass is 10.1. The summed E-state index contributed by atoms with van der Waals surface area (Å²) in [5.74, 6) is -0.820. The zero-order valence-electron chi connectivity index (χ0n) is 14.9. The third-order valence-electron chi connectivity index (χ3n) is 3.86. The van der Waals surface area contributed by atoms with Gasteiger partial charge in [0.2, 0.25) is 0 Å². The average Bonchev–Trinajstić information content (AvgIpc) is 2.56. The van der Waals surface area contributed by atoms with Crippen molar-refractivity contribution in [3.63, 3.8) is 0 Å². The van der Waals surface area contributed by atoms with Gasteiger partial charge in [0, 0.05) is 12.2 Å². The molecule has 2 atom stereocenters. The lowest BCUT2D eigenvalue weighted by molar-refractivity contribution is -0.156. The van der Waals surface area contributed by atoms with Crippen molar-refractivity contribution < 1.29 is 19.1 Å². The summed E-state index contributed by atoms with van der Waals surface area (Å²) in [6.07, 6.45) is 18.2. The maximum Gasteiger partial charge on any atom is 0.331 e. The maximum atomic E-state index is 11.8. The normalized spacial score (nSPS) is 20.7. The molecule has 0 radical (unpaired) electrons. The second-order valence-electron chi connectivity index (χ2n) is 6.00. The van der Waals surface area contributed by atoms with Gasteiger partial charge in [0.05, 0.1) is 0 Å². The molecule has 4 nitrogen and oxygen atoms in total. The molecule has 134 valence electrons. The minimum atomic E-state index is -0.561. The molecule has 0 bridgehead atoms. The van der Waals surface area contributed by atoms with Gasteiger partial charge in [-0.3, -0.25) is 0 Å². The Kier molecular flexibility index (Phi) is 10.6. The summed E-state index contributed by atoms with van der Waals surface area (Å²) in [6.45, 7) is 4.05. The van der Waals surface area contributed by atoms with Crippen LogP contribution in [0.5, 0.6) is 0 Å². The van der Waals surface area contributed by atoms with Crippen LogP contribution in [0.3, 0.4) is 0 Å². The minimum absolute atomic E-state index is 0.403. The van der Waals surface area contributed by atoms with E-state index in [2.05, 4.69) is 6.92 Å². The van der Waals surface area contributed by atoms with Crippen LogP contribution in [-0.2, 0) is 19.1 Å². The summed E-state index contributed by atoms with van der Waals surface area (Å²) in [4.78, 5) is 23.1. The van der Waals surface area contributed by atoms with Crippen LogP contribution < -0.4 is 0 Å². The van der Waals surface area contributed by atoms with Gasteiger partial charge in [-0.2, -0.15) is 0 Å². The minimum Gasteiger partial charge on any atom is -0.451 e. The van der Waals surface area contributed by atoms with Gasteiger partial charge in [0.25, 0.3) is 0 Å². The van der Waals surface area contributed by atoms with Crippen molar-refractivity contribution in [1.82, 2.24) is 0 Å². The molecule has 0 aromatic rings. The molecule has 1 aliphatic rings. The molecule has 0 saturated heterocycles. The van der Waals surface area contributed by atoms with Crippen molar-refractivity contribution in [3.8, 4) is 0 Å². The molecule has 0 aliphatic carbocycles. The van der Waals surface area contributed by atoms with Crippen molar-refractivity contribution in [3.05, 3.63) is 36.5 Å². The van der Waals surface area contributed by atoms with Crippen molar-refractivity contribution in [1.29, 1.82) is 0 Å². The Hall–Kier alpha value is -1.84. The number of hydrogen-bond donors (Lipinski definition) is 0. The van der Waals surface area contributed by atoms with Crippen molar-refractivity contribution in [2.24, 2.45) is 0 Å². The van der Waals surface area contributed by atoms with Crippen LogP contribution in [0.15, 0.2) is 36.5 Å². The van der Waals surface area contributed by atoms with Gasteiger partial charge in [0.1, 0.15) is 0 Å². The van der Waals surface area contributed by atoms with E-state index in [1.807, 2.05) is 13.0 Å². The van der Waals surface area contributed by atoms with Gasteiger partial charge in [-0.15, -0.1) is 0 Å². The van der Waals surface area contributed by atoms with E-state index in [4.69, 9.17) is 9.47 Å². The lowest BCUT2D eigenvalue weighted by Crippen LogP contribution is -2.35. The van der Waals surface area contributed by atoms with Crippen LogP contribution in [0.2, 0.25) is 0 Å². The quantitative estimate of drug-likeness (QED) is 0.239. The number of carbonyl (C=O) groups excluding carboxylic acids is 2. The van der Waals surface area contributed by atoms with E-state index in [1.54, 1.807) is 18.2 Å². The standard InChI is InChI=1S/C20H30O4/c1-3-5-6-7-8-9-10-11-12-14-19(21)24-18-15-16-20(22)23-17(18)13-4-2/h4,12-18H,3,5-11H2,1-2H3/b13-4+,14-12+. The first-order chi connectivity index (χ1) is 11.7.